The molecule has 1 aliphatic carbocycles. The van der Waals surface area contributed by atoms with Crippen LogP contribution in [-0.4, -0.2) is 36.2 Å². The third kappa shape index (κ3) is 2.46. The van der Waals surface area contributed by atoms with Crippen LogP contribution in [0.3, 0.4) is 0 Å². The molecule has 2 heteroatoms. The first kappa shape index (κ1) is 9.01. The van der Waals surface area contributed by atoms with Crippen LogP contribution >= 0.6 is 0 Å². The fourth-order valence-electron chi connectivity index (χ4n) is 1.95. The van der Waals surface area contributed by atoms with Crippen molar-refractivity contribution in [1.29, 1.82) is 0 Å². The largest absolute Gasteiger partial charge is 0.393 e. The Labute approximate surface area is 69.2 Å². The zero-order valence-electron chi connectivity index (χ0n) is 7.75. The van der Waals surface area contributed by atoms with E-state index in [2.05, 4.69) is 25.9 Å². The highest BCUT2D eigenvalue weighted by Crippen LogP contribution is 2.26. The SMILES string of the molecule is CC1CC(N(C)C)C[C@H](O)C1. The Hall–Kier alpha value is -0.0800. The molecule has 3 atom stereocenters. The Morgan fingerprint density at radius 2 is 1.82 bits per heavy atom. The van der Waals surface area contributed by atoms with Crippen LogP contribution in [0, 0.1) is 5.92 Å². The lowest BCUT2D eigenvalue weighted by Gasteiger charge is -2.34. The van der Waals surface area contributed by atoms with Gasteiger partial charge >= 0.3 is 0 Å². The molecular formula is C9H19NO. The fraction of sp³-hybridized carbons (Fsp3) is 1.00. The standard InChI is InChI=1S/C9H19NO/c1-7-4-8(10(2)3)6-9(11)5-7/h7-9,11H,4-6H2,1-3H3/t7?,8?,9-/m1/s1. The maximum absolute atomic E-state index is 9.47. The van der Waals surface area contributed by atoms with Crippen LogP contribution in [0.15, 0.2) is 0 Å². The second kappa shape index (κ2) is 3.55. The molecule has 0 heterocycles. The van der Waals surface area contributed by atoms with Gasteiger partial charge in [0.2, 0.25) is 0 Å². The predicted octanol–water partition coefficient (Wildman–Crippen LogP) is 1.10. The van der Waals surface area contributed by atoms with Crippen molar-refractivity contribution in [3.8, 4) is 0 Å². The molecule has 11 heavy (non-hydrogen) atoms. The summed E-state index contributed by atoms with van der Waals surface area (Å²) in [7, 11) is 4.19. The normalized spacial score (nSPS) is 39.5. The Kier molecular flexibility index (Phi) is 2.90. The van der Waals surface area contributed by atoms with Crippen molar-refractivity contribution in [1.82, 2.24) is 4.90 Å². The van der Waals surface area contributed by atoms with Crippen LogP contribution in [0.4, 0.5) is 0 Å². The van der Waals surface area contributed by atoms with Gasteiger partial charge in [-0.2, -0.15) is 0 Å². The molecule has 2 unspecified atom stereocenters. The van der Waals surface area contributed by atoms with Crippen molar-refractivity contribution in [2.45, 2.75) is 38.3 Å². The van der Waals surface area contributed by atoms with Gasteiger partial charge in [-0.3, -0.25) is 0 Å². The zero-order chi connectivity index (χ0) is 8.43. The molecule has 66 valence electrons. The van der Waals surface area contributed by atoms with Gasteiger partial charge in [0.05, 0.1) is 6.10 Å². The van der Waals surface area contributed by atoms with Crippen LogP contribution < -0.4 is 0 Å². The summed E-state index contributed by atoms with van der Waals surface area (Å²) in [5, 5.41) is 9.47. The highest BCUT2D eigenvalue weighted by atomic mass is 16.3. The fourth-order valence-corrected chi connectivity index (χ4v) is 1.95. The van der Waals surface area contributed by atoms with Gasteiger partial charge in [-0.05, 0) is 39.3 Å². The Balaban J connectivity index is 2.43. The average molecular weight is 157 g/mol. The van der Waals surface area contributed by atoms with Crippen molar-refractivity contribution in [3.05, 3.63) is 0 Å². The van der Waals surface area contributed by atoms with E-state index in [0.29, 0.717) is 12.0 Å². The maximum Gasteiger partial charge on any atom is 0.0557 e. The van der Waals surface area contributed by atoms with Gasteiger partial charge in [0.15, 0.2) is 0 Å². The lowest BCUT2D eigenvalue weighted by molar-refractivity contribution is 0.0577. The highest BCUT2D eigenvalue weighted by molar-refractivity contribution is 4.80. The molecule has 1 N–H and O–H groups in total. The van der Waals surface area contributed by atoms with Crippen molar-refractivity contribution < 1.29 is 5.11 Å². The first-order valence-electron chi connectivity index (χ1n) is 4.44. The number of nitrogens with zero attached hydrogens (tertiary/aromatic N) is 1. The molecule has 0 radical (unpaired) electrons. The number of aliphatic hydroxyl groups is 1. The van der Waals surface area contributed by atoms with Crippen molar-refractivity contribution in [2.75, 3.05) is 14.1 Å². The zero-order valence-corrected chi connectivity index (χ0v) is 7.75. The molecule has 1 rings (SSSR count). The van der Waals surface area contributed by atoms with E-state index in [1.165, 1.54) is 6.42 Å². The quantitative estimate of drug-likeness (QED) is 0.616. The highest BCUT2D eigenvalue weighted by Gasteiger charge is 2.25. The summed E-state index contributed by atoms with van der Waals surface area (Å²) < 4.78 is 0. The van der Waals surface area contributed by atoms with Crippen molar-refractivity contribution in [3.63, 3.8) is 0 Å². The monoisotopic (exact) mass is 157 g/mol. The second-order valence-electron chi connectivity index (χ2n) is 4.08. The lowest BCUT2D eigenvalue weighted by atomic mass is 9.85. The minimum Gasteiger partial charge on any atom is -0.393 e. The third-order valence-corrected chi connectivity index (χ3v) is 2.62. The first-order chi connectivity index (χ1) is 5.09. The van der Waals surface area contributed by atoms with E-state index in [1.54, 1.807) is 0 Å². The van der Waals surface area contributed by atoms with Crippen LogP contribution in [0.25, 0.3) is 0 Å². The van der Waals surface area contributed by atoms with Crippen LogP contribution in [0.2, 0.25) is 0 Å². The minimum absolute atomic E-state index is 0.0638. The van der Waals surface area contributed by atoms with Crippen LogP contribution in [0.1, 0.15) is 26.2 Å². The first-order valence-corrected chi connectivity index (χ1v) is 4.44. The molecule has 0 aliphatic heterocycles. The van der Waals surface area contributed by atoms with Gasteiger partial charge in [-0.25, -0.2) is 0 Å². The van der Waals surface area contributed by atoms with E-state index in [1.807, 2.05) is 0 Å². The molecule has 0 aromatic carbocycles. The molecule has 1 saturated carbocycles. The molecule has 0 aromatic rings. The van der Waals surface area contributed by atoms with Crippen molar-refractivity contribution >= 4 is 0 Å². The van der Waals surface area contributed by atoms with E-state index >= 15 is 0 Å². The Bertz CT molecular complexity index is 115. The maximum atomic E-state index is 9.47. The minimum atomic E-state index is -0.0638. The molecule has 0 spiro atoms. The smallest absolute Gasteiger partial charge is 0.0557 e. The molecule has 1 fully saturated rings. The van der Waals surface area contributed by atoms with Gasteiger partial charge in [-0.1, -0.05) is 6.92 Å². The van der Waals surface area contributed by atoms with E-state index in [9.17, 15) is 5.11 Å². The predicted molar refractivity (Wildman–Crippen MR) is 46.5 cm³/mol. The summed E-state index contributed by atoms with van der Waals surface area (Å²) in [5.74, 6) is 0.686. The third-order valence-electron chi connectivity index (χ3n) is 2.62. The van der Waals surface area contributed by atoms with Crippen LogP contribution in [-0.2, 0) is 0 Å². The topological polar surface area (TPSA) is 23.5 Å². The summed E-state index contributed by atoms with van der Waals surface area (Å²) in [6, 6.07) is 0.591. The molecule has 0 amide bonds. The molecule has 0 bridgehead atoms. The molecule has 2 nitrogen and oxygen atoms in total. The van der Waals surface area contributed by atoms with E-state index < -0.39 is 0 Å². The van der Waals surface area contributed by atoms with E-state index in [0.717, 1.165) is 12.8 Å². The number of hydrogen-bond acceptors (Lipinski definition) is 2. The Morgan fingerprint density at radius 3 is 2.27 bits per heavy atom. The molecule has 0 saturated heterocycles. The summed E-state index contributed by atoms with van der Waals surface area (Å²) >= 11 is 0. The van der Waals surface area contributed by atoms with Crippen molar-refractivity contribution in [2.24, 2.45) is 5.92 Å². The van der Waals surface area contributed by atoms with Gasteiger partial charge in [0.1, 0.15) is 0 Å². The number of rotatable bonds is 1. The van der Waals surface area contributed by atoms with E-state index in [-0.39, 0.29) is 6.10 Å². The second-order valence-corrected chi connectivity index (χ2v) is 4.08. The summed E-state index contributed by atoms with van der Waals surface area (Å²) in [6.07, 6.45) is 3.12. The summed E-state index contributed by atoms with van der Waals surface area (Å²) in [6.45, 7) is 2.22. The number of hydrogen-bond donors (Lipinski definition) is 1. The van der Waals surface area contributed by atoms with Gasteiger partial charge in [-0.15, -0.1) is 0 Å². The summed E-state index contributed by atoms with van der Waals surface area (Å²) in [4.78, 5) is 2.22. The summed E-state index contributed by atoms with van der Waals surface area (Å²) in [5.41, 5.74) is 0. The van der Waals surface area contributed by atoms with Gasteiger partial charge in [0.25, 0.3) is 0 Å². The average Bonchev–Trinajstić information content (AvgIpc) is 1.85. The lowest BCUT2D eigenvalue weighted by Crippen LogP contribution is -2.38. The number of aliphatic hydroxyl groups excluding tert-OH is 1. The van der Waals surface area contributed by atoms with E-state index in [4.69, 9.17) is 0 Å². The molecular weight excluding hydrogens is 138 g/mol. The molecule has 0 aromatic heterocycles. The van der Waals surface area contributed by atoms with Crippen LogP contribution in [0.5, 0.6) is 0 Å². The molecule has 1 aliphatic rings. The van der Waals surface area contributed by atoms with Gasteiger partial charge < -0.3 is 10.0 Å². The van der Waals surface area contributed by atoms with Gasteiger partial charge in [0, 0.05) is 6.04 Å². The Morgan fingerprint density at radius 1 is 1.18 bits per heavy atom.